The summed E-state index contributed by atoms with van der Waals surface area (Å²) in [5.74, 6) is -0.531. The highest BCUT2D eigenvalue weighted by atomic mass is 31.2. The van der Waals surface area contributed by atoms with Gasteiger partial charge in [0, 0.05) is 19.4 Å². The molecule has 0 aromatic rings. The number of aliphatic hydroxyl groups is 1. The summed E-state index contributed by atoms with van der Waals surface area (Å²) >= 11 is 0. The van der Waals surface area contributed by atoms with Crippen molar-refractivity contribution in [1.29, 1.82) is 0 Å². The summed E-state index contributed by atoms with van der Waals surface area (Å²) in [5, 5.41) is 12.7. The van der Waals surface area contributed by atoms with Crippen LogP contribution in [-0.2, 0) is 27.9 Å². The highest BCUT2D eigenvalue weighted by Gasteiger charge is 2.23. The number of phosphoric ester groups is 1. The van der Waals surface area contributed by atoms with E-state index in [0.29, 0.717) is 6.42 Å². The Kier molecular flexibility index (Phi) is 36.7. The maximum absolute atomic E-state index is 12.1. The molecule has 0 saturated carbocycles. The van der Waals surface area contributed by atoms with E-state index >= 15 is 0 Å². The molecule has 0 aromatic heterocycles. The molecule has 0 heterocycles. The van der Waals surface area contributed by atoms with E-state index in [2.05, 4.69) is 55.6 Å². The molecule has 0 saturated heterocycles. The molecule has 1 amide bonds. The van der Waals surface area contributed by atoms with Gasteiger partial charge in [-0.3, -0.25) is 18.6 Å². The monoisotopic (exact) mass is 742 g/mol. The highest BCUT2D eigenvalue weighted by Crippen LogP contribution is 2.42. The quantitative estimate of drug-likeness (QED) is 0.0247. The number of aliphatic hydroxyl groups excluding tert-OH is 1. The van der Waals surface area contributed by atoms with E-state index < -0.39 is 26.5 Å². The average molecular weight is 742 g/mol. The Balaban J connectivity index is 3.62. The zero-order chi connectivity index (χ0) is 37.5. The smallest absolute Gasteiger partial charge is 0.463 e. The molecular weight excluding hydrogens is 665 g/mol. The molecule has 2 atom stereocenters. The maximum Gasteiger partial charge on any atom is 0.472 e. The van der Waals surface area contributed by atoms with Gasteiger partial charge in [0.1, 0.15) is 12.7 Å². The molecule has 3 N–H and O–H groups in total. The number of rotatable bonds is 38. The molecule has 0 aliphatic rings. The number of amides is 1. The maximum atomic E-state index is 12.1. The minimum atomic E-state index is -4.42. The molecule has 0 rings (SSSR count). The van der Waals surface area contributed by atoms with Gasteiger partial charge in [-0.1, -0.05) is 159 Å². The first-order chi connectivity index (χ1) is 24.8. The molecule has 51 heavy (non-hydrogen) atoms. The van der Waals surface area contributed by atoms with Gasteiger partial charge in [0.15, 0.2) is 0 Å². The molecule has 0 radical (unpaired) electrons. The van der Waals surface area contributed by atoms with Crippen molar-refractivity contribution < 1.29 is 37.9 Å². The summed E-state index contributed by atoms with van der Waals surface area (Å²) in [6.07, 6.45) is 40.7. The molecule has 298 valence electrons. The second-order valence-electron chi connectivity index (χ2n) is 13.6. The number of carbonyl (C=O) groups is 2. The van der Waals surface area contributed by atoms with Crippen molar-refractivity contribution in [1.82, 2.24) is 5.32 Å². The Morgan fingerprint density at radius 2 is 1.12 bits per heavy atom. The van der Waals surface area contributed by atoms with E-state index in [4.69, 9.17) is 13.8 Å². The average Bonchev–Trinajstić information content (AvgIpc) is 3.11. The number of carbonyl (C=O) groups excluding carboxylic acids is 2. The van der Waals surface area contributed by atoms with Gasteiger partial charge >= 0.3 is 13.8 Å². The standard InChI is InChI=1S/C41H76NO8P/c1-3-5-7-9-11-13-15-17-19-21-23-25-27-29-31-33-40(44)42-35-36-49-51(46,47)50-38-39(43)37-48-41(45)34-32-30-28-26-24-22-20-18-16-14-12-10-8-6-4-2/h5,7,11,13,17,19,39,43H,3-4,6,8-10,12,14-16,18,20-38H2,1-2H3,(H,42,44)(H,46,47)/b7-5-,13-11-,19-17-. The Bertz CT molecular complexity index is 939. The van der Waals surface area contributed by atoms with E-state index in [1.807, 2.05) is 0 Å². The zero-order valence-corrected chi connectivity index (χ0v) is 33.4. The lowest BCUT2D eigenvalue weighted by Crippen LogP contribution is -2.27. The summed E-state index contributed by atoms with van der Waals surface area (Å²) in [4.78, 5) is 33.8. The second-order valence-corrected chi connectivity index (χ2v) is 15.0. The number of nitrogens with one attached hydrogen (secondary N) is 1. The van der Waals surface area contributed by atoms with E-state index in [1.54, 1.807) is 0 Å². The number of hydrogen-bond donors (Lipinski definition) is 3. The van der Waals surface area contributed by atoms with Crippen LogP contribution in [0.5, 0.6) is 0 Å². The fraction of sp³-hybridized carbons (Fsp3) is 0.805. The topological polar surface area (TPSA) is 131 Å². The molecule has 9 nitrogen and oxygen atoms in total. The molecule has 0 bridgehead atoms. The second kappa shape index (κ2) is 38.0. The van der Waals surface area contributed by atoms with Crippen LogP contribution in [0, 0.1) is 0 Å². The minimum Gasteiger partial charge on any atom is -0.463 e. The summed E-state index contributed by atoms with van der Waals surface area (Å²) in [6, 6.07) is 0. The summed E-state index contributed by atoms with van der Waals surface area (Å²) in [7, 11) is -4.42. The van der Waals surface area contributed by atoms with E-state index in [9.17, 15) is 24.2 Å². The van der Waals surface area contributed by atoms with Gasteiger partial charge in [-0.25, -0.2) is 4.57 Å². The van der Waals surface area contributed by atoms with Gasteiger partial charge in [-0.15, -0.1) is 0 Å². The first-order valence-corrected chi connectivity index (χ1v) is 22.0. The Morgan fingerprint density at radius 3 is 1.69 bits per heavy atom. The SMILES string of the molecule is CC/C=C\C/C=C\C/C=C\CCCCCCCC(=O)NCCOP(=O)(O)OCC(O)COC(=O)CCCCCCCCCCCCCCCCC. The van der Waals surface area contributed by atoms with Crippen LogP contribution in [0.2, 0.25) is 0 Å². The summed E-state index contributed by atoms with van der Waals surface area (Å²) in [5.41, 5.74) is 0. The van der Waals surface area contributed by atoms with E-state index in [1.165, 1.54) is 77.0 Å². The van der Waals surface area contributed by atoms with Crippen molar-refractivity contribution in [2.75, 3.05) is 26.4 Å². The molecule has 10 heteroatoms. The van der Waals surface area contributed by atoms with Crippen LogP contribution in [0.25, 0.3) is 0 Å². The van der Waals surface area contributed by atoms with Crippen molar-refractivity contribution in [2.24, 2.45) is 0 Å². The predicted molar refractivity (Wildman–Crippen MR) is 211 cm³/mol. The predicted octanol–water partition coefficient (Wildman–Crippen LogP) is 11.0. The van der Waals surface area contributed by atoms with Crippen LogP contribution in [0.3, 0.4) is 0 Å². The largest absolute Gasteiger partial charge is 0.472 e. The van der Waals surface area contributed by atoms with Gasteiger partial charge in [0.2, 0.25) is 5.91 Å². The minimum absolute atomic E-state index is 0.0726. The van der Waals surface area contributed by atoms with Crippen LogP contribution in [0.4, 0.5) is 0 Å². The summed E-state index contributed by atoms with van der Waals surface area (Å²) < 4.78 is 26.8. The van der Waals surface area contributed by atoms with Crippen LogP contribution >= 0.6 is 7.82 Å². The number of hydrogen-bond acceptors (Lipinski definition) is 7. The third-order valence-corrected chi connectivity index (χ3v) is 9.57. The van der Waals surface area contributed by atoms with Gasteiger partial charge in [0.25, 0.3) is 0 Å². The number of esters is 1. The van der Waals surface area contributed by atoms with Gasteiger partial charge in [-0.05, 0) is 44.9 Å². The fourth-order valence-electron chi connectivity index (χ4n) is 5.51. The number of phosphoric acid groups is 1. The van der Waals surface area contributed by atoms with Crippen molar-refractivity contribution in [3.05, 3.63) is 36.5 Å². The van der Waals surface area contributed by atoms with Gasteiger partial charge in [-0.2, -0.15) is 0 Å². The van der Waals surface area contributed by atoms with E-state index in [-0.39, 0.29) is 32.1 Å². The van der Waals surface area contributed by atoms with Crippen LogP contribution in [0.15, 0.2) is 36.5 Å². The Labute approximate surface area is 312 Å². The first kappa shape index (κ1) is 49.2. The summed E-state index contributed by atoms with van der Waals surface area (Å²) in [6.45, 7) is 3.42. The molecule has 0 fully saturated rings. The number of ether oxygens (including phenoxy) is 1. The normalized spacial score (nSPS) is 13.7. The number of allylic oxidation sites excluding steroid dienone is 6. The fourth-order valence-corrected chi connectivity index (χ4v) is 6.27. The molecule has 2 unspecified atom stereocenters. The first-order valence-electron chi connectivity index (χ1n) is 20.5. The van der Waals surface area contributed by atoms with Gasteiger partial charge in [0.05, 0.1) is 13.2 Å². The van der Waals surface area contributed by atoms with Crippen molar-refractivity contribution in [3.8, 4) is 0 Å². The van der Waals surface area contributed by atoms with Crippen molar-refractivity contribution >= 4 is 19.7 Å². The zero-order valence-electron chi connectivity index (χ0n) is 32.5. The van der Waals surface area contributed by atoms with Crippen LogP contribution < -0.4 is 5.32 Å². The number of unbranched alkanes of at least 4 members (excludes halogenated alkanes) is 19. The third kappa shape index (κ3) is 39.3. The third-order valence-electron chi connectivity index (χ3n) is 8.58. The molecular formula is C41H76NO8P. The Morgan fingerprint density at radius 1 is 0.627 bits per heavy atom. The lowest BCUT2D eigenvalue weighted by molar-refractivity contribution is -0.147. The van der Waals surface area contributed by atoms with Crippen LogP contribution in [0.1, 0.15) is 181 Å². The van der Waals surface area contributed by atoms with Crippen molar-refractivity contribution in [3.63, 3.8) is 0 Å². The molecule has 0 spiro atoms. The highest BCUT2D eigenvalue weighted by molar-refractivity contribution is 7.47. The van der Waals surface area contributed by atoms with Crippen molar-refractivity contribution in [2.45, 2.75) is 187 Å². The lowest BCUT2D eigenvalue weighted by atomic mass is 10.0. The molecule has 0 aromatic carbocycles. The van der Waals surface area contributed by atoms with E-state index in [0.717, 1.165) is 77.0 Å². The van der Waals surface area contributed by atoms with Crippen LogP contribution in [-0.4, -0.2) is 54.3 Å². The lowest BCUT2D eigenvalue weighted by Gasteiger charge is -2.15. The van der Waals surface area contributed by atoms with Gasteiger partial charge < -0.3 is 20.1 Å². The molecule has 0 aliphatic carbocycles. The molecule has 0 aliphatic heterocycles. The Hall–Kier alpha value is -1.77.